The van der Waals surface area contributed by atoms with Gasteiger partial charge in [0.15, 0.2) is 10.8 Å². The van der Waals surface area contributed by atoms with Gasteiger partial charge in [0.1, 0.15) is 11.9 Å². The molecule has 1 amide bonds. The largest absolute Gasteiger partial charge is 0.465 e. The molecule has 1 aromatic heterocycles. The topological polar surface area (TPSA) is 86.5 Å². The van der Waals surface area contributed by atoms with Crippen molar-refractivity contribution in [3.8, 4) is 6.07 Å². The molecule has 1 aliphatic carbocycles. The van der Waals surface area contributed by atoms with Gasteiger partial charge in [-0.05, 0) is 62.7 Å². The van der Waals surface area contributed by atoms with E-state index in [0.717, 1.165) is 30.7 Å². The highest BCUT2D eigenvalue weighted by molar-refractivity contribution is 7.81. The van der Waals surface area contributed by atoms with Crippen molar-refractivity contribution in [1.29, 1.82) is 5.26 Å². The molecule has 12 heteroatoms. The standard InChI is InChI=1S/C22H18F4N4O3S/c1-21(6-3-7-21)30(13-4-5-15(17(23)9-13)19(32)33-2)20(34)29(12-31)14-8-16(22(24,25)26)18(10-27)28-11-14/h4-5,8-9,11-12H,3,6-7H2,1-2H3. The molecule has 7 nitrogen and oxygen atoms in total. The van der Waals surface area contributed by atoms with Crippen molar-refractivity contribution in [1.82, 2.24) is 4.98 Å². The third-order valence-corrected chi connectivity index (χ3v) is 6.03. The van der Waals surface area contributed by atoms with Crippen LogP contribution in [0.15, 0.2) is 30.5 Å². The zero-order valence-corrected chi connectivity index (χ0v) is 18.8. The molecule has 1 aromatic carbocycles. The van der Waals surface area contributed by atoms with Crippen LogP contribution < -0.4 is 9.80 Å². The summed E-state index contributed by atoms with van der Waals surface area (Å²) in [6.07, 6.45) is -1.71. The van der Waals surface area contributed by atoms with Crippen LogP contribution in [0.25, 0.3) is 0 Å². The van der Waals surface area contributed by atoms with E-state index in [-0.39, 0.29) is 28.5 Å². The number of esters is 1. The number of nitrogens with zero attached hydrogens (tertiary/aromatic N) is 4. The Labute approximate surface area is 197 Å². The van der Waals surface area contributed by atoms with E-state index in [1.54, 1.807) is 0 Å². The maximum atomic E-state index is 14.7. The number of nitriles is 1. The molecule has 0 N–H and O–H groups in total. The number of methoxy groups -OCH3 is 1. The quantitative estimate of drug-likeness (QED) is 0.260. The molecule has 3 rings (SSSR count). The van der Waals surface area contributed by atoms with Crippen LogP contribution in [0.3, 0.4) is 0 Å². The van der Waals surface area contributed by atoms with Crippen LogP contribution in [0.2, 0.25) is 0 Å². The number of pyridine rings is 1. The summed E-state index contributed by atoms with van der Waals surface area (Å²) < 4.78 is 59.5. The van der Waals surface area contributed by atoms with Gasteiger partial charge in [-0.3, -0.25) is 9.69 Å². The average molecular weight is 494 g/mol. The lowest BCUT2D eigenvalue weighted by Crippen LogP contribution is -2.58. The third kappa shape index (κ3) is 4.56. The fourth-order valence-corrected chi connectivity index (χ4v) is 4.17. The van der Waals surface area contributed by atoms with Gasteiger partial charge in [0.25, 0.3) is 0 Å². The minimum absolute atomic E-state index is 0.196. The molecule has 0 spiro atoms. The SMILES string of the molecule is COC(=O)c1ccc(N(C(=S)N(C=O)c2cnc(C#N)c(C(F)(F)F)c2)C2(C)CCC2)cc1F. The zero-order chi connectivity index (χ0) is 25.3. The first-order valence-corrected chi connectivity index (χ1v) is 10.3. The maximum absolute atomic E-state index is 14.7. The Morgan fingerprint density at radius 2 is 1.97 bits per heavy atom. The van der Waals surface area contributed by atoms with Crippen molar-refractivity contribution in [3.63, 3.8) is 0 Å². The Kier molecular flexibility index (Phi) is 6.88. The van der Waals surface area contributed by atoms with E-state index in [4.69, 9.17) is 17.5 Å². The average Bonchev–Trinajstić information content (AvgIpc) is 2.77. The van der Waals surface area contributed by atoms with Gasteiger partial charge >= 0.3 is 12.1 Å². The van der Waals surface area contributed by atoms with Crippen LogP contribution in [-0.4, -0.2) is 35.1 Å². The lowest BCUT2D eigenvalue weighted by atomic mass is 9.77. The Morgan fingerprint density at radius 1 is 1.29 bits per heavy atom. The summed E-state index contributed by atoms with van der Waals surface area (Å²) in [5, 5.41) is 8.75. The molecule has 1 saturated carbocycles. The number of hydrogen-bond donors (Lipinski definition) is 0. The number of halogens is 4. The maximum Gasteiger partial charge on any atom is 0.419 e. The van der Waals surface area contributed by atoms with E-state index in [1.165, 1.54) is 23.1 Å². The minimum Gasteiger partial charge on any atom is -0.465 e. The van der Waals surface area contributed by atoms with E-state index in [0.29, 0.717) is 18.9 Å². The number of aromatic nitrogens is 1. The molecule has 0 atom stereocenters. The van der Waals surface area contributed by atoms with Gasteiger partial charge in [0.2, 0.25) is 6.41 Å². The number of anilines is 2. The van der Waals surface area contributed by atoms with Gasteiger partial charge in [0.05, 0.1) is 30.1 Å². The second-order valence-electron chi connectivity index (χ2n) is 7.80. The molecular formula is C22H18F4N4O3S. The summed E-state index contributed by atoms with van der Waals surface area (Å²) in [6, 6.07) is 5.63. The van der Waals surface area contributed by atoms with Crippen molar-refractivity contribution in [2.24, 2.45) is 0 Å². The predicted octanol–water partition coefficient (Wildman–Crippen LogP) is 4.59. The molecule has 0 radical (unpaired) electrons. The van der Waals surface area contributed by atoms with Gasteiger partial charge in [-0.25, -0.2) is 14.2 Å². The van der Waals surface area contributed by atoms with Crippen LogP contribution in [0.5, 0.6) is 0 Å². The molecule has 1 aliphatic rings. The number of amides is 1. The Bertz CT molecular complexity index is 1190. The van der Waals surface area contributed by atoms with Crippen molar-refractivity contribution >= 4 is 41.1 Å². The predicted molar refractivity (Wildman–Crippen MR) is 118 cm³/mol. The van der Waals surface area contributed by atoms with E-state index >= 15 is 0 Å². The highest BCUT2D eigenvalue weighted by Crippen LogP contribution is 2.42. The molecule has 2 aromatic rings. The van der Waals surface area contributed by atoms with Gasteiger partial charge in [-0.15, -0.1) is 0 Å². The van der Waals surface area contributed by atoms with Crippen LogP contribution in [0, 0.1) is 17.1 Å². The number of carbonyl (C=O) groups excluding carboxylic acids is 2. The summed E-state index contributed by atoms with van der Waals surface area (Å²) >= 11 is 5.49. The van der Waals surface area contributed by atoms with E-state index < -0.39 is 34.8 Å². The van der Waals surface area contributed by atoms with E-state index in [9.17, 15) is 27.2 Å². The molecule has 1 fully saturated rings. The summed E-state index contributed by atoms with van der Waals surface area (Å²) in [6.45, 7) is 1.82. The molecule has 0 aliphatic heterocycles. The van der Waals surface area contributed by atoms with Crippen LogP contribution in [-0.2, 0) is 15.7 Å². The number of alkyl halides is 3. The summed E-state index contributed by atoms with van der Waals surface area (Å²) in [5.74, 6) is -1.77. The van der Waals surface area contributed by atoms with Crippen molar-refractivity contribution in [2.75, 3.05) is 16.9 Å². The Hall–Kier alpha value is -3.59. The van der Waals surface area contributed by atoms with Crippen LogP contribution in [0.4, 0.5) is 28.9 Å². The van der Waals surface area contributed by atoms with Crippen molar-refractivity contribution < 1.29 is 31.9 Å². The molecule has 0 unspecified atom stereocenters. The first kappa shape index (κ1) is 25.0. The number of hydrogen-bond acceptors (Lipinski definition) is 6. The van der Waals surface area contributed by atoms with Crippen molar-refractivity contribution in [3.05, 3.63) is 53.1 Å². The molecule has 34 heavy (non-hydrogen) atoms. The molecule has 178 valence electrons. The van der Waals surface area contributed by atoms with E-state index in [2.05, 4.69) is 9.72 Å². The molecule has 1 heterocycles. The zero-order valence-electron chi connectivity index (χ0n) is 18.0. The third-order valence-electron chi connectivity index (χ3n) is 5.65. The number of rotatable bonds is 5. The summed E-state index contributed by atoms with van der Waals surface area (Å²) in [4.78, 5) is 29.5. The smallest absolute Gasteiger partial charge is 0.419 e. The van der Waals surface area contributed by atoms with E-state index in [1.807, 2.05) is 6.92 Å². The normalized spacial score (nSPS) is 14.4. The van der Waals surface area contributed by atoms with Gasteiger partial charge in [-0.1, -0.05) is 0 Å². The summed E-state index contributed by atoms with van der Waals surface area (Å²) in [5.41, 5.74) is -3.26. The van der Waals surface area contributed by atoms with Gasteiger partial charge < -0.3 is 9.64 Å². The highest BCUT2D eigenvalue weighted by Gasteiger charge is 2.42. The minimum atomic E-state index is -4.89. The lowest BCUT2D eigenvalue weighted by molar-refractivity contribution is -0.138. The van der Waals surface area contributed by atoms with Crippen LogP contribution in [0.1, 0.15) is 47.8 Å². The fourth-order valence-electron chi connectivity index (χ4n) is 3.70. The number of ether oxygens (including phenoxy) is 1. The fraction of sp³-hybridized carbons (Fsp3) is 0.318. The van der Waals surface area contributed by atoms with Crippen LogP contribution >= 0.6 is 12.2 Å². The van der Waals surface area contributed by atoms with Gasteiger partial charge in [0, 0.05) is 11.2 Å². The molecule has 0 bridgehead atoms. The lowest BCUT2D eigenvalue weighted by Gasteiger charge is -2.50. The highest BCUT2D eigenvalue weighted by atomic mass is 32.1. The Balaban J connectivity index is 2.09. The number of thiocarbonyl (C=S) groups is 1. The number of carbonyl (C=O) groups is 2. The summed E-state index contributed by atoms with van der Waals surface area (Å²) in [7, 11) is 1.11. The number of benzene rings is 1. The monoisotopic (exact) mass is 494 g/mol. The Morgan fingerprint density at radius 3 is 2.44 bits per heavy atom. The second-order valence-corrected chi connectivity index (χ2v) is 8.16. The molecular weight excluding hydrogens is 476 g/mol. The second kappa shape index (κ2) is 9.34. The van der Waals surface area contributed by atoms with Crippen molar-refractivity contribution in [2.45, 2.75) is 37.9 Å². The molecule has 0 saturated heterocycles. The first-order valence-electron chi connectivity index (χ1n) is 9.91. The first-order chi connectivity index (χ1) is 16.0. The van der Waals surface area contributed by atoms with Gasteiger partial charge in [-0.2, -0.15) is 18.4 Å².